The highest BCUT2D eigenvalue weighted by atomic mass is 16.5. The molecular formula is C94H60B2O6. The van der Waals surface area contributed by atoms with E-state index in [9.17, 15) is 4.79 Å². The molecule has 0 bridgehead atoms. The van der Waals surface area contributed by atoms with E-state index >= 15 is 4.79 Å². The summed E-state index contributed by atoms with van der Waals surface area (Å²) < 4.78 is 26.9. The summed E-state index contributed by atoms with van der Waals surface area (Å²) in [7, 11) is 0. The van der Waals surface area contributed by atoms with Crippen molar-refractivity contribution in [2.24, 2.45) is 0 Å². The number of aryl methyl sites for hydroxylation is 2. The van der Waals surface area contributed by atoms with E-state index in [1.807, 2.05) is 78.9 Å². The molecule has 6 nitrogen and oxygen atoms in total. The molecule has 0 saturated carbocycles. The van der Waals surface area contributed by atoms with Gasteiger partial charge in [-0.2, -0.15) is 0 Å². The van der Waals surface area contributed by atoms with E-state index < -0.39 is 18.7 Å². The molecule has 4 aliphatic heterocycles. The lowest BCUT2D eigenvalue weighted by molar-refractivity contribution is 0.0464. The van der Waals surface area contributed by atoms with Crippen LogP contribution in [0, 0.1) is 13.8 Å². The molecule has 0 spiro atoms. The van der Waals surface area contributed by atoms with Gasteiger partial charge in [-0.1, -0.05) is 266 Å². The van der Waals surface area contributed by atoms with Crippen LogP contribution in [0.25, 0.3) is 121 Å². The maximum atomic E-state index is 15.2. The van der Waals surface area contributed by atoms with Gasteiger partial charge in [0.05, 0.1) is 11.1 Å². The number of fused-ring (bicyclic) bond motifs is 8. The van der Waals surface area contributed by atoms with E-state index in [1.54, 1.807) is 0 Å². The Kier molecular flexibility index (Phi) is 13.6. The molecular weight excluding hydrogens is 1250 g/mol. The fourth-order valence-corrected chi connectivity index (χ4v) is 17.2. The average molecular weight is 1310 g/mol. The molecule has 0 unspecified atom stereocenters. The van der Waals surface area contributed by atoms with Crippen LogP contribution in [0.1, 0.15) is 43.0 Å². The number of benzene rings is 16. The van der Waals surface area contributed by atoms with E-state index in [4.69, 9.17) is 18.9 Å². The van der Waals surface area contributed by atoms with Gasteiger partial charge in [0.1, 0.15) is 36.2 Å². The maximum Gasteiger partial charge on any atom is 0.338 e. The third-order valence-corrected chi connectivity index (χ3v) is 21.5. The number of hydrogen-bond donors (Lipinski definition) is 0. The van der Waals surface area contributed by atoms with Crippen molar-refractivity contribution in [2.45, 2.75) is 27.1 Å². The van der Waals surface area contributed by atoms with Crippen molar-refractivity contribution in [2.75, 3.05) is 0 Å². The van der Waals surface area contributed by atoms with Crippen molar-refractivity contribution in [3.8, 4) is 112 Å². The summed E-state index contributed by atoms with van der Waals surface area (Å²) >= 11 is 0. The van der Waals surface area contributed by atoms with Crippen LogP contribution in [-0.4, -0.2) is 25.4 Å². The second-order valence-corrected chi connectivity index (χ2v) is 27.5. The lowest BCUT2D eigenvalue weighted by atomic mass is 9.31. The Balaban J connectivity index is 0.980. The summed E-state index contributed by atoms with van der Waals surface area (Å²) in [6.45, 7) is 3.82. The lowest BCUT2D eigenvalue weighted by Gasteiger charge is -2.38. The predicted octanol–water partition coefficient (Wildman–Crippen LogP) is 19.1. The first kappa shape index (κ1) is 59.3. The Bertz CT molecular complexity index is 6060. The van der Waals surface area contributed by atoms with Crippen LogP contribution in [0.4, 0.5) is 0 Å². The maximum absolute atomic E-state index is 15.2. The van der Waals surface area contributed by atoms with Crippen LogP contribution in [0.15, 0.2) is 303 Å². The summed E-state index contributed by atoms with van der Waals surface area (Å²) in [5, 5.41) is 6.71. The number of esters is 2. The topological polar surface area (TPSA) is 71.1 Å². The molecule has 0 aromatic heterocycles. The molecule has 0 amide bonds. The summed E-state index contributed by atoms with van der Waals surface area (Å²) in [5.74, 6) is 1.76. The second-order valence-electron chi connectivity index (χ2n) is 27.5. The summed E-state index contributed by atoms with van der Waals surface area (Å²) in [6, 6.07) is 107. The average Bonchev–Trinajstić information content (AvgIpc) is 0.666. The molecule has 4 aliphatic rings. The Morgan fingerprint density at radius 2 is 0.676 bits per heavy atom. The number of carbonyl (C=O) groups is 2. The van der Waals surface area contributed by atoms with Gasteiger partial charge in [-0.15, -0.1) is 0 Å². The SMILES string of the molecule is Cc1ccc2c(c1)Oc1cc(C)cc3c1B2c1cc2c(-c4c(-c5ccccc5)cccc4-c4ccccc4)cc4c5c(cc6c(-c7c(-c8ccccc8)cccc7-c7ccccc7)cc-3c1c6c25)B1c2ccc(C(=O)OCc3ccccc3)cc2Oc2cc(C(=O)OCc3ccccc3)cc-4c21. The van der Waals surface area contributed by atoms with E-state index in [1.165, 1.54) is 10.8 Å². The van der Waals surface area contributed by atoms with Gasteiger partial charge in [-0.25, -0.2) is 9.59 Å². The van der Waals surface area contributed by atoms with Crippen molar-refractivity contribution in [3.05, 3.63) is 337 Å². The minimum absolute atomic E-state index is 0.0755. The zero-order chi connectivity index (χ0) is 67.8. The lowest BCUT2D eigenvalue weighted by Crippen LogP contribution is -2.58. The fraction of sp³-hybridized carbons (Fsp3) is 0.0426. The van der Waals surface area contributed by atoms with Gasteiger partial charge < -0.3 is 18.9 Å². The number of hydrogen-bond acceptors (Lipinski definition) is 6. The monoisotopic (exact) mass is 1310 g/mol. The third kappa shape index (κ3) is 9.36. The molecule has 16 aromatic carbocycles. The minimum atomic E-state index is -0.487. The summed E-state index contributed by atoms with van der Waals surface area (Å²) in [5.41, 5.74) is 28.2. The molecule has 0 N–H and O–H groups in total. The minimum Gasteiger partial charge on any atom is -0.458 e. The number of carbonyl (C=O) groups excluding carboxylic acids is 2. The first-order chi connectivity index (χ1) is 50.2. The van der Waals surface area contributed by atoms with Gasteiger partial charge in [-0.3, -0.25) is 0 Å². The molecule has 0 fully saturated rings. The summed E-state index contributed by atoms with van der Waals surface area (Å²) in [4.78, 5) is 29.6. The molecule has 478 valence electrons. The van der Waals surface area contributed by atoms with Crippen LogP contribution in [0.3, 0.4) is 0 Å². The molecule has 0 saturated heterocycles. The van der Waals surface area contributed by atoms with Crippen molar-refractivity contribution in [3.63, 3.8) is 0 Å². The van der Waals surface area contributed by atoms with Crippen molar-refractivity contribution < 1.29 is 28.5 Å². The van der Waals surface area contributed by atoms with E-state index in [2.05, 4.69) is 238 Å². The van der Waals surface area contributed by atoms with Crippen molar-refractivity contribution in [1.82, 2.24) is 0 Å². The molecule has 16 aromatic rings. The van der Waals surface area contributed by atoms with Crippen LogP contribution in [-0.2, 0) is 22.7 Å². The highest BCUT2D eigenvalue weighted by molar-refractivity contribution is 7.01. The normalized spacial score (nSPS) is 12.5. The predicted molar refractivity (Wildman–Crippen MR) is 417 cm³/mol. The zero-order valence-electron chi connectivity index (χ0n) is 55.9. The second kappa shape index (κ2) is 23.4. The smallest absolute Gasteiger partial charge is 0.338 e. The molecule has 20 rings (SSSR count). The van der Waals surface area contributed by atoms with E-state index in [0.717, 1.165) is 177 Å². The van der Waals surface area contributed by atoms with Gasteiger partial charge >= 0.3 is 11.9 Å². The molecule has 0 atom stereocenters. The molecule has 0 radical (unpaired) electrons. The molecule has 0 aliphatic carbocycles. The Morgan fingerprint density at radius 3 is 1.14 bits per heavy atom. The fourth-order valence-electron chi connectivity index (χ4n) is 17.2. The first-order valence-corrected chi connectivity index (χ1v) is 34.9. The third-order valence-electron chi connectivity index (χ3n) is 21.5. The highest BCUT2D eigenvalue weighted by Crippen LogP contribution is 2.55. The largest absolute Gasteiger partial charge is 0.458 e. The van der Waals surface area contributed by atoms with Crippen molar-refractivity contribution in [1.29, 1.82) is 0 Å². The summed E-state index contributed by atoms with van der Waals surface area (Å²) in [6.07, 6.45) is 0. The van der Waals surface area contributed by atoms with Crippen LogP contribution < -0.4 is 42.3 Å². The van der Waals surface area contributed by atoms with E-state index in [0.29, 0.717) is 22.6 Å². The first-order valence-electron chi connectivity index (χ1n) is 34.9. The Labute approximate surface area is 591 Å². The van der Waals surface area contributed by atoms with Gasteiger partial charge in [0.2, 0.25) is 0 Å². The molecule has 102 heavy (non-hydrogen) atoms. The van der Waals surface area contributed by atoms with Gasteiger partial charge in [-0.05, 0) is 228 Å². The van der Waals surface area contributed by atoms with Gasteiger partial charge in [0, 0.05) is 0 Å². The van der Waals surface area contributed by atoms with E-state index in [-0.39, 0.29) is 19.9 Å². The standard InChI is InChI=1S/C94H60B2O6/c1-55-39-41-77-81(44-55)101-83-45-56(2)43-75-71-49-69(85-65(59-27-13-5-14-28-59)35-21-36-66(85)60-29-15-6-16-30-60)73-52-80-88-72(50-70(74-51-79(95(77)91(75)83)87(71)89(73)90(74)88)86-67(61-31-17-7-18-32-61)37-22-38-68(86)62-33-19-8-20-34-62)76-46-64(94(98)100-54-58-25-11-4-12-26-58)48-84-92(76)96(80)78-42-40-63(47-82(78)102-84)93(97)99-53-57-23-9-3-10-24-57/h3-52H,53-54H2,1-2H3. The highest BCUT2D eigenvalue weighted by Gasteiger charge is 2.45. The van der Waals surface area contributed by atoms with Crippen LogP contribution in [0.5, 0.6) is 23.0 Å². The molecule has 4 heterocycles. The Morgan fingerprint density at radius 1 is 0.294 bits per heavy atom. The molecule has 8 heteroatoms. The van der Waals surface area contributed by atoms with Crippen molar-refractivity contribution >= 4 is 90.5 Å². The number of ether oxygens (including phenoxy) is 4. The van der Waals surface area contributed by atoms with Gasteiger partial charge in [0.15, 0.2) is 0 Å². The van der Waals surface area contributed by atoms with Crippen LogP contribution in [0.2, 0.25) is 0 Å². The Hall–Kier alpha value is -12.8. The number of rotatable bonds is 12. The quantitative estimate of drug-likeness (QED) is 0.0690. The van der Waals surface area contributed by atoms with Crippen LogP contribution >= 0.6 is 0 Å². The van der Waals surface area contributed by atoms with Gasteiger partial charge in [0.25, 0.3) is 13.4 Å². The zero-order valence-corrected chi connectivity index (χ0v) is 55.9.